The molecule has 5 nitrogen and oxygen atoms in total. The fraction of sp³-hybridized carbons (Fsp3) is 0.917. The number of nitrogens with one attached hydrogen (secondary N) is 1. The molecule has 0 spiro atoms. The van der Waals surface area contributed by atoms with E-state index in [1.165, 1.54) is 12.8 Å². The third-order valence-electron chi connectivity index (χ3n) is 4.11. The minimum Gasteiger partial charge on any atom is -0.368 e. The maximum absolute atomic E-state index is 11.7. The van der Waals surface area contributed by atoms with Gasteiger partial charge in [0.25, 0.3) is 0 Å². The normalized spacial score (nSPS) is 33.1. The first-order chi connectivity index (χ1) is 8.44. The van der Waals surface area contributed by atoms with Crippen LogP contribution in [0.5, 0.6) is 0 Å². The fourth-order valence-corrected chi connectivity index (χ4v) is 4.97. The average molecular weight is 274 g/mol. The molecule has 3 N–H and O–H groups in total. The molecule has 0 radical (unpaired) electrons. The molecule has 2 fully saturated rings. The Labute approximate surface area is 108 Å². The van der Waals surface area contributed by atoms with Crippen molar-refractivity contribution in [2.75, 3.05) is 11.5 Å². The Morgan fingerprint density at radius 1 is 1.17 bits per heavy atom. The number of nitrogens with two attached hydrogens (primary N) is 1. The molecule has 104 valence electrons. The van der Waals surface area contributed by atoms with Gasteiger partial charge in [-0.1, -0.05) is 25.7 Å². The van der Waals surface area contributed by atoms with Crippen molar-refractivity contribution in [2.45, 2.75) is 56.5 Å². The predicted molar refractivity (Wildman–Crippen MR) is 69.8 cm³/mol. The number of carbonyl (C=O) groups excluding carboxylic acids is 1. The molecule has 0 aromatic heterocycles. The molecule has 0 bridgehead atoms. The third-order valence-corrected chi connectivity index (χ3v) is 5.87. The van der Waals surface area contributed by atoms with Crippen LogP contribution in [0.2, 0.25) is 0 Å². The lowest BCUT2D eigenvalue weighted by Gasteiger charge is -2.30. The van der Waals surface area contributed by atoms with Gasteiger partial charge in [-0.25, -0.2) is 8.42 Å². The van der Waals surface area contributed by atoms with Gasteiger partial charge in [-0.15, -0.1) is 0 Å². The summed E-state index contributed by atoms with van der Waals surface area (Å²) in [6.07, 6.45) is 7.06. The smallest absolute Gasteiger partial charge is 0.238 e. The molecule has 1 aliphatic carbocycles. The highest BCUT2D eigenvalue weighted by molar-refractivity contribution is 7.91. The summed E-state index contributed by atoms with van der Waals surface area (Å²) >= 11 is 0. The largest absolute Gasteiger partial charge is 0.368 e. The van der Waals surface area contributed by atoms with Crippen LogP contribution < -0.4 is 11.1 Å². The molecular weight excluding hydrogens is 252 g/mol. The molecule has 2 rings (SSSR count). The van der Waals surface area contributed by atoms with Gasteiger partial charge in [0, 0.05) is 6.04 Å². The number of hydrogen-bond donors (Lipinski definition) is 2. The van der Waals surface area contributed by atoms with Gasteiger partial charge in [0.1, 0.15) is 5.54 Å². The number of carbonyl (C=O) groups is 1. The Morgan fingerprint density at radius 3 is 2.22 bits per heavy atom. The molecule has 1 saturated carbocycles. The Balaban J connectivity index is 2.09. The molecule has 0 aromatic carbocycles. The Morgan fingerprint density at radius 2 is 1.78 bits per heavy atom. The summed E-state index contributed by atoms with van der Waals surface area (Å²) in [7, 11) is -3.12. The summed E-state index contributed by atoms with van der Waals surface area (Å²) in [6, 6.07) is 0.230. The highest BCUT2D eigenvalue weighted by atomic mass is 32.2. The summed E-state index contributed by atoms with van der Waals surface area (Å²) < 4.78 is 23.2. The number of rotatable bonds is 3. The topological polar surface area (TPSA) is 89.3 Å². The number of sulfone groups is 1. The molecule has 6 heteroatoms. The van der Waals surface area contributed by atoms with Crippen molar-refractivity contribution in [3.63, 3.8) is 0 Å². The lowest BCUT2D eigenvalue weighted by Crippen LogP contribution is -2.59. The Bertz CT molecular complexity index is 413. The summed E-state index contributed by atoms with van der Waals surface area (Å²) in [5, 5.41) is 3.27. The zero-order chi connectivity index (χ0) is 13.2. The fourth-order valence-electron chi connectivity index (χ4n) is 3.04. The van der Waals surface area contributed by atoms with E-state index < -0.39 is 21.3 Å². The minimum atomic E-state index is -3.12. The van der Waals surface area contributed by atoms with Crippen LogP contribution in [0, 0.1) is 0 Å². The summed E-state index contributed by atoms with van der Waals surface area (Å²) in [6.45, 7) is 0. The van der Waals surface area contributed by atoms with E-state index in [1.807, 2.05) is 0 Å². The number of primary amides is 1. The highest BCUT2D eigenvalue weighted by Gasteiger charge is 2.47. The van der Waals surface area contributed by atoms with Crippen LogP contribution in [0.1, 0.15) is 44.9 Å². The van der Waals surface area contributed by atoms with Gasteiger partial charge in [0.15, 0.2) is 9.84 Å². The molecule has 2 aliphatic rings. The number of hydrogen-bond acceptors (Lipinski definition) is 4. The van der Waals surface area contributed by atoms with Crippen LogP contribution in [0.3, 0.4) is 0 Å². The molecule has 1 amide bonds. The zero-order valence-electron chi connectivity index (χ0n) is 10.7. The standard InChI is InChI=1S/C12H22N2O3S/c13-11(15)12(7-8-18(16,17)9-12)14-10-5-3-1-2-4-6-10/h10,14H,1-9H2,(H2,13,15). The van der Waals surface area contributed by atoms with Crippen LogP contribution in [0.4, 0.5) is 0 Å². The molecule has 1 atom stereocenters. The molecule has 1 unspecified atom stereocenters. The Kier molecular flexibility index (Phi) is 3.96. The molecule has 1 saturated heterocycles. The highest BCUT2D eigenvalue weighted by Crippen LogP contribution is 2.27. The SMILES string of the molecule is NC(=O)C1(NC2CCCCCC2)CCS(=O)(=O)C1. The van der Waals surface area contributed by atoms with Crippen molar-refractivity contribution >= 4 is 15.7 Å². The van der Waals surface area contributed by atoms with E-state index in [1.54, 1.807) is 0 Å². The van der Waals surface area contributed by atoms with E-state index in [4.69, 9.17) is 5.73 Å². The first-order valence-corrected chi connectivity index (χ1v) is 8.54. The van der Waals surface area contributed by atoms with Crippen LogP contribution in [0.25, 0.3) is 0 Å². The van der Waals surface area contributed by atoms with Crippen LogP contribution in [-0.4, -0.2) is 37.4 Å². The first-order valence-electron chi connectivity index (χ1n) is 6.72. The lowest BCUT2D eigenvalue weighted by atomic mass is 9.95. The Hall–Kier alpha value is -0.620. The van der Waals surface area contributed by atoms with Crippen molar-refractivity contribution in [3.05, 3.63) is 0 Å². The van der Waals surface area contributed by atoms with Gasteiger partial charge in [0.05, 0.1) is 11.5 Å². The van der Waals surface area contributed by atoms with Gasteiger partial charge < -0.3 is 5.73 Å². The van der Waals surface area contributed by atoms with E-state index >= 15 is 0 Å². The molecule has 1 heterocycles. The van der Waals surface area contributed by atoms with Crippen molar-refractivity contribution in [3.8, 4) is 0 Å². The monoisotopic (exact) mass is 274 g/mol. The van der Waals surface area contributed by atoms with Gasteiger partial charge in [-0.05, 0) is 19.3 Å². The van der Waals surface area contributed by atoms with Crippen molar-refractivity contribution in [2.24, 2.45) is 5.73 Å². The molecular formula is C12H22N2O3S. The first kappa shape index (κ1) is 13.8. The second-order valence-electron chi connectivity index (χ2n) is 5.62. The van der Waals surface area contributed by atoms with Crippen LogP contribution in [0.15, 0.2) is 0 Å². The van der Waals surface area contributed by atoms with Gasteiger partial charge in [-0.3, -0.25) is 10.1 Å². The summed E-state index contributed by atoms with van der Waals surface area (Å²) in [4.78, 5) is 11.7. The van der Waals surface area contributed by atoms with Crippen molar-refractivity contribution in [1.29, 1.82) is 0 Å². The zero-order valence-corrected chi connectivity index (χ0v) is 11.5. The van der Waals surface area contributed by atoms with E-state index in [0.29, 0.717) is 6.42 Å². The summed E-state index contributed by atoms with van der Waals surface area (Å²) in [5.74, 6) is -0.588. The molecule has 1 aliphatic heterocycles. The maximum atomic E-state index is 11.7. The predicted octanol–water partition coefficient (Wildman–Crippen LogP) is 0.341. The second kappa shape index (κ2) is 5.17. The maximum Gasteiger partial charge on any atom is 0.238 e. The average Bonchev–Trinajstić information content (AvgIpc) is 2.49. The van der Waals surface area contributed by atoms with E-state index in [2.05, 4.69) is 5.32 Å². The van der Waals surface area contributed by atoms with Gasteiger partial charge >= 0.3 is 0 Å². The minimum absolute atomic E-state index is 0.0651. The van der Waals surface area contributed by atoms with E-state index in [-0.39, 0.29) is 17.5 Å². The van der Waals surface area contributed by atoms with Crippen LogP contribution in [-0.2, 0) is 14.6 Å². The third kappa shape index (κ3) is 3.03. The van der Waals surface area contributed by atoms with E-state index in [9.17, 15) is 13.2 Å². The van der Waals surface area contributed by atoms with Crippen molar-refractivity contribution in [1.82, 2.24) is 5.32 Å². The van der Waals surface area contributed by atoms with Crippen molar-refractivity contribution < 1.29 is 13.2 Å². The second-order valence-corrected chi connectivity index (χ2v) is 7.81. The lowest BCUT2D eigenvalue weighted by molar-refractivity contribution is -0.123. The summed E-state index contributed by atoms with van der Waals surface area (Å²) in [5.41, 5.74) is 4.42. The molecule has 18 heavy (non-hydrogen) atoms. The van der Waals surface area contributed by atoms with Gasteiger partial charge in [-0.2, -0.15) is 0 Å². The van der Waals surface area contributed by atoms with Crippen LogP contribution >= 0.6 is 0 Å². The quantitative estimate of drug-likeness (QED) is 0.726. The number of amides is 1. The van der Waals surface area contributed by atoms with Gasteiger partial charge in [0.2, 0.25) is 5.91 Å². The van der Waals surface area contributed by atoms with E-state index in [0.717, 1.165) is 25.7 Å². The molecule has 0 aromatic rings.